The van der Waals surface area contributed by atoms with Crippen molar-refractivity contribution >= 4 is 5.69 Å². The molecule has 0 bridgehead atoms. The lowest BCUT2D eigenvalue weighted by molar-refractivity contribution is 0.191. The molecule has 16 heavy (non-hydrogen) atoms. The Balaban J connectivity index is 2.67. The van der Waals surface area contributed by atoms with Crippen LogP contribution >= 0.6 is 0 Å². The van der Waals surface area contributed by atoms with Crippen molar-refractivity contribution in [3.63, 3.8) is 0 Å². The fraction of sp³-hybridized carbons (Fsp3) is 0.538. The molecule has 0 radical (unpaired) electrons. The van der Waals surface area contributed by atoms with Crippen molar-refractivity contribution in [3.05, 3.63) is 23.8 Å². The number of hydrogen-bond donors (Lipinski definition) is 1. The van der Waals surface area contributed by atoms with Gasteiger partial charge in [0.25, 0.3) is 0 Å². The Kier molecular flexibility index (Phi) is 5.12. The van der Waals surface area contributed by atoms with Gasteiger partial charge in [-0.3, -0.25) is 0 Å². The molecule has 1 unspecified atom stereocenters. The van der Waals surface area contributed by atoms with Crippen molar-refractivity contribution in [2.45, 2.75) is 26.3 Å². The smallest absolute Gasteiger partial charge is 0.141 e. The van der Waals surface area contributed by atoms with Crippen molar-refractivity contribution in [1.82, 2.24) is 0 Å². The highest BCUT2D eigenvalue weighted by atomic mass is 16.5. The second-order valence-corrected chi connectivity index (χ2v) is 4.03. The van der Waals surface area contributed by atoms with E-state index in [0.29, 0.717) is 6.04 Å². The second kappa shape index (κ2) is 6.38. The third kappa shape index (κ3) is 3.74. The fourth-order valence-corrected chi connectivity index (χ4v) is 1.57. The predicted octanol–water partition coefficient (Wildman–Crippen LogP) is 2.84. The monoisotopic (exact) mass is 223 g/mol. The summed E-state index contributed by atoms with van der Waals surface area (Å²) >= 11 is 0. The maximum absolute atomic E-state index is 5.31. The predicted molar refractivity (Wildman–Crippen MR) is 67.3 cm³/mol. The van der Waals surface area contributed by atoms with Crippen LogP contribution in [0.2, 0.25) is 0 Å². The van der Waals surface area contributed by atoms with Crippen LogP contribution < -0.4 is 10.1 Å². The maximum Gasteiger partial charge on any atom is 0.141 e. The van der Waals surface area contributed by atoms with E-state index in [1.807, 2.05) is 12.1 Å². The average molecular weight is 223 g/mol. The number of nitrogens with one attached hydrogen (secondary N) is 1. The summed E-state index contributed by atoms with van der Waals surface area (Å²) in [4.78, 5) is 0. The first kappa shape index (κ1) is 12.8. The van der Waals surface area contributed by atoms with Gasteiger partial charge in [0.15, 0.2) is 0 Å². The standard InChI is InChI=1S/C13H21NO2/c1-10-5-6-13(16-4)12(9-10)14-11(2)7-8-15-3/h5-6,9,11,14H,7-8H2,1-4H3. The number of methoxy groups -OCH3 is 2. The summed E-state index contributed by atoms with van der Waals surface area (Å²) in [6, 6.07) is 6.50. The van der Waals surface area contributed by atoms with Gasteiger partial charge in [0.2, 0.25) is 0 Å². The molecule has 0 saturated carbocycles. The number of aryl methyl sites for hydroxylation is 1. The van der Waals surface area contributed by atoms with E-state index in [1.165, 1.54) is 5.56 Å². The van der Waals surface area contributed by atoms with Crippen molar-refractivity contribution in [2.75, 3.05) is 26.1 Å². The Labute approximate surface area is 97.8 Å². The first-order valence-electron chi connectivity index (χ1n) is 5.57. The van der Waals surface area contributed by atoms with Gasteiger partial charge >= 0.3 is 0 Å². The van der Waals surface area contributed by atoms with Crippen LogP contribution in [-0.4, -0.2) is 26.9 Å². The Hall–Kier alpha value is -1.22. The van der Waals surface area contributed by atoms with E-state index >= 15 is 0 Å². The first-order valence-corrected chi connectivity index (χ1v) is 5.57. The quantitative estimate of drug-likeness (QED) is 0.804. The average Bonchev–Trinajstić information content (AvgIpc) is 2.27. The van der Waals surface area contributed by atoms with Gasteiger partial charge in [-0.25, -0.2) is 0 Å². The lowest BCUT2D eigenvalue weighted by Gasteiger charge is -2.17. The van der Waals surface area contributed by atoms with Gasteiger partial charge < -0.3 is 14.8 Å². The zero-order chi connectivity index (χ0) is 12.0. The van der Waals surface area contributed by atoms with Gasteiger partial charge in [-0.05, 0) is 38.0 Å². The molecule has 0 heterocycles. The molecule has 0 spiro atoms. The molecule has 0 aliphatic carbocycles. The molecule has 3 heteroatoms. The van der Waals surface area contributed by atoms with Gasteiger partial charge in [0.1, 0.15) is 5.75 Å². The summed E-state index contributed by atoms with van der Waals surface area (Å²) < 4.78 is 10.4. The molecular formula is C13H21NO2. The van der Waals surface area contributed by atoms with Crippen LogP contribution in [0.15, 0.2) is 18.2 Å². The van der Waals surface area contributed by atoms with Crippen LogP contribution in [0.5, 0.6) is 5.75 Å². The number of benzene rings is 1. The van der Waals surface area contributed by atoms with Crippen molar-refractivity contribution in [3.8, 4) is 5.75 Å². The highest BCUT2D eigenvalue weighted by molar-refractivity contribution is 5.58. The van der Waals surface area contributed by atoms with Crippen LogP contribution in [0.25, 0.3) is 0 Å². The largest absolute Gasteiger partial charge is 0.495 e. The molecule has 0 fully saturated rings. The third-order valence-corrected chi connectivity index (χ3v) is 2.51. The van der Waals surface area contributed by atoms with Crippen LogP contribution in [-0.2, 0) is 4.74 Å². The Bertz CT molecular complexity index is 326. The summed E-state index contributed by atoms with van der Waals surface area (Å²) in [5.74, 6) is 0.884. The summed E-state index contributed by atoms with van der Waals surface area (Å²) in [6.07, 6.45) is 0.980. The van der Waals surface area contributed by atoms with Gasteiger partial charge in [0, 0.05) is 19.8 Å². The molecule has 90 valence electrons. The van der Waals surface area contributed by atoms with Crippen molar-refractivity contribution in [1.29, 1.82) is 0 Å². The van der Waals surface area contributed by atoms with Gasteiger partial charge in [0.05, 0.1) is 12.8 Å². The van der Waals surface area contributed by atoms with Crippen LogP contribution in [0.3, 0.4) is 0 Å². The highest BCUT2D eigenvalue weighted by Gasteiger charge is 2.06. The second-order valence-electron chi connectivity index (χ2n) is 4.03. The number of hydrogen-bond acceptors (Lipinski definition) is 3. The summed E-state index contributed by atoms with van der Waals surface area (Å²) in [5.41, 5.74) is 2.27. The molecule has 1 rings (SSSR count). The van der Waals surface area contributed by atoms with E-state index in [2.05, 4.69) is 25.2 Å². The lowest BCUT2D eigenvalue weighted by Crippen LogP contribution is -2.17. The molecule has 0 saturated heterocycles. The minimum absolute atomic E-state index is 0.371. The van der Waals surface area contributed by atoms with Gasteiger partial charge in [-0.1, -0.05) is 6.07 Å². The highest BCUT2D eigenvalue weighted by Crippen LogP contribution is 2.26. The van der Waals surface area contributed by atoms with Crippen LogP contribution in [0.4, 0.5) is 5.69 Å². The number of ether oxygens (including phenoxy) is 2. The topological polar surface area (TPSA) is 30.5 Å². The molecule has 1 N–H and O–H groups in total. The molecule has 0 aromatic heterocycles. The Morgan fingerprint density at radius 2 is 2.06 bits per heavy atom. The minimum atomic E-state index is 0.371. The molecular weight excluding hydrogens is 202 g/mol. The Morgan fingerprint density at radius 1 is 1.31 bits per heavy atom. The van der Waals surface area contributed by atoms with E-state index in [-0.39, 0.29) is 0 Å². The molecule has 0 amide bonds. The van der Waals surface area contributed by atoms with Crippen LogP contribution in [0.1, 0.15) is 18.9 Å². The van der Waals surface area contributed by atoms with Crippen molar-refractivity contribution < 1.29 is 9.47 Å². The van der Waals surface area contributed by atoms with E-state index in [1.54, 1.807) is 14.2 Å². The number of rotatable bonds is 6. The van der Waals surface area contributed by atoms with Crippen molar-refractivity contribution in [2.24, 2.45) is 0 Å². The zero-order valence-corrected chi connectivity index (χ0v) is 10.5. The number of anilines is 1. The molecule has 1 aromatic rings. The third-order valence-electron chi connectivity index (χ3n) is 2.51. The molecule has 0 aliphatic heterocycles. The van der Waals surface area contributed by atoms with Gasteiger partial charge in [-0.15, -0.1) is 0 Å². The van der Waals surface area contributed by atoms with E-state index in [9.17, 15) is 0 Å². The summed E-state index contributed by atoms with van der Waals surface area (Å²) in [7, 11) is 3.41. The SMILES string of the molecule is COCCC(C)Nc1cc(C)ccc1OC. The van der Waals surface area contributed by atoms with Crippen LogP contribution in [0, 0.1) is 6.92 Å². The molecule has 1 atom stereocenters. The summed E-state index contributed by atoms with van der Waals surface area (Å²) in [5, 5.41) is 3.43. The molecule has 1 aromatic carbocycles. The molecule has 3 nitrogen and oxygen atoms in total. The first-order chi connectivity index (χ1) is 7.67. The Morgan fingerprint density at radius 3 is 2.69 bits per heavy atom. The minimum Gasteiger partial charge on any atom is -0.495 e. The van der Waals surface area contributed by atoms with E-state index in [4.69, 9.17) is 9.47 Å². The maximum atomic E-state index is 5.31. The lowest BCUT2D eigenvalue weighted by atomic mass is 10.1. The van der Waals surface area contributed by atoms with E-state index < -0.39 is 0 Å². The molecule has 0 aliphatic rings. The zero-order valence-electron chi connectivity index (χ0n) is 10.5. The summed E-state index contributed by atoms with van der Waals surface area (Å²) in [6.45, 7) is 4.98. The van der Waals surface area contributed by atoms with E-state index in [0.717, 1.165) is 24.5 Å². The van der Waals surface area contributed by atoms with Gasteiger partial charge in [-0.2, -0.15) is 0 Å². The normalized spacial score (nSPS) is 12.2. The fourth-order valence-electron chi connectivity index (χ4n) is 1.57.